The molecule has 1 aliphatic rings. The van der Waals surface area contributed by atoms with Crippen LogP contribution < -0.4 is 21.4 Å². The fraction of sp³-hybridized carbons (Fsp3) is 0.208. The van der Waals surface area contributed by atoms with Crippen LogP contribution in [0.2, 0.25) is 5.02 Å². The highest BCUT2D eigenvalue weighted by Gasteiger charge is 2.55. The van der Waals surface area contributed by atoms with Crippen molar-refractivity contribution in [1.82, 2.24) is 19.3 Å². The van der Waals surface area contributed by atoms with Gasteiger partial charge in [-0.15, -0.1) is 0 Å². The molecule has 184 valence electrons. The molecule has 1 fully saturated rings. The van der Waals surface area contributed by atoms with Crippen molar-refractivity contribution in [2.24, 2.45) is 0 Å². The Morgan fingerprint density at radius 1 is 1.11 bits per heavy atom. The molecule has 2 heterocycles. The first-order valence-corrected chi connectivity index (χ1v) is 11.3. The fourth-order valence-corrected chi connectivity index (χ4v) is 3.93. The van der Waals surface area contributed by atoms with Crippen molar-refractivity contribution in [3.05, 3.63) is 92.4 Å². The van der Waals surface area contributed by atoms with Gasteiger partial charge in [0.15, 0.2) is 5.54 Å². The number of nitrogens with zero attached hydrogens (tertiary/aromatic N) is 4. The largest absolute Gasteiger partial charge is 0.467 e. The summed E-state index contributed by atoms with van der Waals surface area (Å²) in [4.78, 5) is 43.1. The average molecular weight is 510 g/mol. The van der Waals surface area contributed by atoms with E-state index >= 15 is 0 Å². The second-order valence-electron chi connectivity index (χ2n) is 8.16. The highest BCUT2D eigenvalue weighted by molar-refractivity contribution is 6.30. The predicted molar refractivity (Wildman–Crippen MR) is 129 cm³/mol. The first-order valence-electron chi connectivity index (χ1n) is 10.9. The summed E-state index contributed by atoms with van der Waals surface area (Å²) in [6, 6.07) is 15.2. The van der Waals surface area contributed by atoms with Crippen LogP contribution in [0, 0.1) is 0 Å². The Hall–Kier alpha value is -4.38. The van der Waals surface area contributed by atoms with E-state index in [4.69, 9.17) is 25.6 Å². The van der Waals surface area contributed by atoms with Gasteiger partial charge in [-0.3, -0.25) is 4.57 Å². The van der Waals surface area contributed by atoms with E-state index in [0.29, 0.717) is 35.2 Å². The number of methoxy groups -OCH3 is 1. The number of esters is 1. The number of halogens is 1. The minimum atomic E-state index is -1.34. The zero-order valence-electron chi connectivity index (χ0n) is 19.0. The number of rotatable bonds is 8. The number of carbonyl (C=O) groups is 1. The summed E-state index contributed by atoms with van der Waals surface area (Å²) < 4.78 is 17.3. The van der Waals surface area contributed by atoms with E-state index in [1.54, 1.807) is 54.6 Å². The van der Waals surface area contributed by atoms with E-state index in [-0.39, 0.29) is 12.5 Å². The molecule has 5 rings (SSSR count). The van der Waals surface area contributed by atoms with Gasteiger partial charge in [0.25, 0.3) is 5.88 Å². The van der Waals surface area contributed by atoms with E-state index in [1.807, 2.05) is 0 Å². The topological polar surface area (TPSA) is 130 Å². The van der Waals surface area contributed by atoms with Gasteiger partial charge in [0.1, 0.15) is 12.0 Å². The number of carbonyl (C=O) groups excluding carboxylic acids is 1. The Morgan fingerprint density at radius 3 is 2.44 bits per heavy atom. The molecule has 11 nitrogen and oxygen atoms in total. The minimum Gasteiger partial charge on any atom is -0.467 e. The minimum absolute atomic E-state index is 0.0158. The van der Waals surface area contributed by atoms with Gasteiger partial charge < -0.3 is 19.3 Å². The monoisotopic (exact) mass is 509 g/mol. The third-order valence-corrected chi connectivity index (χ3v) is 6.04. The average Bonchev–Trinajstić information content (AvgIpc) is 3.50. The first-order chi connectivity index (χ1) is 17.4. The zero-order valence-corrected chi connectivity index (χ0v) is 19.8. The lowest BCUT2D eigenvalue weighted by molar-refractivity contribution is -0.146. The molecule has 2 aromatic carbocycles. The summed E-state index contributed by atoms with van der Waals surface area (Å²) >= 11 is 6.00. The van der Waals surface area contributed by atoms with E-state index in [9.17, 15) is 14.4 Å². The molecule has 4 aromatic rings. The van der Waals surface area contributed by atoms with Crippen LogP contribution in [0.5, 0.6) is 11.6 Å². The molecular formula is C24H20ClN5O6. The van der Waals surface area contributed by atoms with Gasteiger partial charge in [0.2, 0.25) is 5.95 Å². The van der Waals surface area contributed by atoms with Crippen LogP contribution in [0.15, 0.2) is 75.0 Å². The third-order valence-electron chi connectivity index (χ3n) is 5.79. The molecule has 2 aromatic heterocycles. The molecule has 36 heavy (non-hydrogen) atoms. The Balaban J connectivity index is 1.52. The number of benzene rings is 2. The normalized spacial score (nSPS) is 13.7. The highest BCUT2D eigenvalue weighted by Crippen LogP contribution is 2.42. The fourth-order valence-electron chi connectivity index (χ4n) is 3.81. The molecule has 0 spiro atoms. The number of nitrogens with one attached hydrogen (secondary N) is 1. The van der Waals surface area contributed by atoms with Crippen LogP contribution in [0.3, 0.4) is 0 Å². The first kappa shape index (κ1) is 23.4. The molecule has 0 bridgehead atoms. The van der Waals surface area contributed by atoms with E-state index < -0.39 is 22.9 Å². The lowest BCUT2D eigenvalue weighted by atomic mass is 10.2. The van der Waals surface area contributed by atoms with E-state index in [0.717, 1.165) is 10.1 Å². The van der Waals surface area contributed by atoms with Crippen molar-refractivity contribution in [3.63, 3.8) is 0 Å². The van der Waals surface area contributed by atoms with E-state index in [1.165, 1.54) is 17.9 Å². The molecule has 1 saturated carbocycles. The van der Waals surface area contributed by atoms with Gasteiger partial charge in [-0.25, -0.2) is 19.0 Å². The van der Waals surface area contributed by atoms with Gasteiger partial charge in [-0.1, -0.05) is 23.7 Å². The van der Waals surface area contributed by atoms with E-state index in [2.05, 4.69) is 15.5 Å². The molecule has 12 heteroatoms. The summed E-state index contributed by atoms with van der Waals surface area (Å²) in [6.07, 6.45) is 2.03. The summed E-state index contributed by atoms with van der Waals surface area (Å²) in [5, 5.41) is 7.26. The number of hydrogen-bond donors (Lipinski definition) is 1. The van der Waals surface area contributed by atoms with Crippen LogP contribution in [0.25, 0.3) is 0 Å². The standard InChI is InChI=1S/C24H20ClN5O6/c1-34-20(31)24(11-12-24)30-22(32)27-21(29(23(30)33)14-15-2-4-16(25)5-3-15)26-17-6-8-18(9-7-17)36-19-10-13-35-28-19/h2-10,13H,11-12,14H2,1H3,(H,26,27,32). The number of hydrogen-bond acceptors (Lipinski definition) is 9. The number of ether oxygens (including phenoxy) is 2. The van der Waals surface area contributed by atoms with Crippen molar-refractivity contribution in [1.29, 1.82) is 0 Å². The van der Waals surface area contributed by atoms with Crippen LogP contribution in [0.4, 0.5) is 11.6 Å². The molecular weight excluding hydrogens is 490 g/mol. The Kier molecular flexibility index (Phi) is 6.06. The third kappa shape index (κ3) is 4.48. The number of aromatic nitrogens is 4. The van der Waals surface area contributed by atoms with Crippen molar-refractivity contribution in [2.75, 3.05) is 12.4 Å². The highest BCUT2D eigenvalue weighted by atomic mass is 35.5. The lowest BCUT2D eigenvalue weighted by Gasteiger charge is -2.19. The van der Waals surface area contributed by atoms with Gasteiger partial charge in [0.05, 0.1) is 13.7 Å². The maximum absolute atomic E-state index is 13.6. The maximum Gasteiger partial charge on any atom is 0.355 e. The number of anilines is 2. The second-order valence-corrected chi connectivity index (χ2v) is 8.60. The van der Waals surface area contributed by atoms with Gasteiger partial charge >= 0.3 is 17.3 Å². The molecule has 1 aliphatic carbocycles. The molecule has 0 amide bonds. The molecule has 0 saturated heterocycles. The second kappa shape index (κ2) is 9.34. The summed E-state index contributed by atoms with van der Waals surface area (Å²) in [5.74, 6) is 0.175. The Bertz CT molecular complexity index is 1510. The molecule has 0 radical (unpaired) electrons. The quantitative estimate of drug-likeness (QED) is 0.355. The molecule has 0 aliphatic heterocycles. The van der Waals surface area contributed by atoms with Gasteiger partial charge in [-0.05, 0) is 60.0 Å². The van der Waals surface area contributed by atoms with Crippen LogP contribution in [0.1, 0.15) is 18.4 Å². The van der Waals surface area contributed by atoms with Gasteiger partial charge in [0, 0.05) is 16.8 Å². The van der Waals surface area contributed by atoms with Crippen LogP contribution in [-0.4, -0.2) is 32.4 Å². The van der Waals surface area contributed by atoms with Crippen molar-refractivity contribution in [2.45, 2.75) is 24.9 Å². The lowest BCUT2D eigenvalue weighted by Crippen LogP contribution is -2.50. The van der Waals surface area contributed by atoms with Crippen LogP contribution in [-0.2, 0) is 21.6 Å². The molecule has 0 atom stereocenters. The summed E-state index contributed by atoms with van der Waals surface area (Å²) in [7, 11) is 1.22. The van der Waals surface area contributed by atoms with Gasteiger partial charge in [-0.2, -0.15) is 4.98 Å². The summed E-state index contributed by atoms with van der Waals surface area (Å²) in [6.45, 7) is 0.0796. The smallest absolute Gasteiger partial charge is 0.355 e. The molecule has 1 N–H and O–H groups in total. The van der Waals surface area contributed by atoms with Crippen molar-refractivity contribution in [3.8, 4) is 11.6 Å². The van der Waals surface area contributed by atoms with Crippen molar-refractivity contribution < 1.29 is 18.8 Å². The van der Waals surface area contributed by atoms with Crippen molar-refractivity contribution >= 4 is 29.2 Å². The molecule has 0 unspecified atom stereocenters. The predicted octanol–water partition coefficient (Wildman–Crippen LogP) is 3.29. The van der Waals surface area contributed by atoms with Crippen LogP contribution >= 0.6 is 11.6 Å². The summed E-state index contributed by atoms with van der Waals surface area (Å²) in [5.41, 5.74) is -1.57. The zero-order chi connectivity index (χ0) is 25.3. The Morgan fingerprint density at radius 2 is 1.83 bits per heavy atom. The Labute approximate surface area is 208 Å². The SMILES string of the molecule is COC(=O)C1(n2c(=O)nc(Nc3ccc(Oc4ccon4)cc3)n(Cc3ccc(Cl)cc3)c2=O)CC1. The maximum atomic E-state index is 13.6.